The van der Waals surface area contributed by atoms with E-state index < -0.39 is 5.91 Å². The van der Waals surface area contributed by atoms with Crippen molar-refractivity contribution in [1.29, 1.82) is 0 Å². The molecule has 3 atom stereocenters. The summed E-state index contributed by atoms with van der Waals surface area (Å²) in [5, 5.41) is 8.87. The molecular formula is C30H29Cl2N3O4. The number of hydrogen-bond donors (Lipinski definition) is 2. The fraction of sp³-hybridized carbons (Fsp3) is 0.267. The predicted octanol–water partition coefficient (Wildman–Crippen LogP) is 6.76. The molecule has 1 heterocycles. The lowest BCUT2D eigenvalue weighted by Gasteiger charge is -2.38. The van der Waals surface area contributed by atoms with Gasteiger partial charge in [-0.25, -0.2) is 5.43 Å². The first-order valence-electron chi connectivity index (χ1n) is 12.6. The van der Waals surface area contributed by atoms with Crippen LogP contribution < -0.4 is 25.0 Å². The van der Waals surface area contributed by atoms with E-state index >= 15 is 0 Å². The number of benzene rings is 3. The number of rotatable bonds is 8. The number of para-hydroxylation sites is 1. The van der Waals surface area contributed by atoms with Crippen LogP contribution in [0.4, 0.5) is 5.69 Å². The van der Waals surface area contributed by atoms with E-state index in [9.17, 15) is 4.79 Å². The summed E-state index contributed by atoms with van der Waals surface area (Å²) in [6.45, 7) is 1.64. The second kappa shape index (κ2) is 11.6. The van der Waals surface area contributed by atoms with Gasteiger partial charge in [-0.15, -0.1) is 0 Å². The van der Waals surface area contributed by atoms with Crippen molar-refractivity contribution in [3.63, 3.8) is 0 Å². The van der Waals surface area contributed by atoms with Crippen LogP contribution in [0.15, 0.2) is 71.9 Å². The van der Waals surface area contributed by atoms with Crippen LogP contribution in [0, 0.1) is 5.92 Å². The van der Waals surface area contributed by atoms with E-state index in [1.807, 2.05) is 25.1 Å². The molecule has 1 amide bonds. The molecule has 7 nitrogen and oxygen atoms in total. The zero-order valence-corrected chi connectivity index (χ0v) is 23.3. The van der Waals surface area contributed by atoms with Crippen LogP contribution in [0.1, 0.15) is 42.0 Å². The Morgan fingerprint density at radius 1 is 1.05 bits per heavy atom. The number of hydrogen-bond acceptors (Lipinski definition) is 6. The largest absolute Gasteiger partial charge is 0.493 e. The lowest BCUT2D eigenvalue weighted by atomic mass is 9.76. The highest BCUT2D eigenvalue weighted by Crippen LogP contribution is 2.52. The predicted molar refractivity (Wildman–Crippen MR) is 155 cm³/mol. The molecule has 2 N–H and O–H groups in total. The van der Waals surface area contributed by atoms with Gasteiger partial charge in [0.05, 0.1) is 31.0 Å². The summed E-state index contributed by atoms with van der Waals surface area (Å²) < 4.78 is 16.8. The number of carbonyl (C=O) groups excluding carboxylic acids is 1. The third-order valence-corrected chi connectivity index (χ3v) is 7.68. The van der Waals surface area contributed by atoms with E-state index in [1.54, 1.807) is 32.4 Å². The molecule has 1 aliphatic carbocycles. The molecule has 202 valence electrons. The molecule has 5 rings (SSSR count). The maximum atomic E-state index is 12.3. The first-order valence-corrected chi connectivity index (χ1v) is 13.3. The zero-order chi connectivity index (χ0) is 27.5. The Balaban J connectivity index is 1.32. The Labute approximate surface area is 237 Å². The molecule has 39 heavy (non-hydrogen) atoms. The van der Waals surface area contributed by atoms with Crippen LogP contribution in [0.5, 0.6) is 17.2 Å². The van der Waals surface area contributed by atoms with Crippen LogP contribution >= 0.6 is 23.2 Å². The molecule has 0 unspecified atom stereocenters. The zero-order valence-electron chi connectivity index (χ0n) is 21.8. The van der Waals surface area contributed by atoms with Crippen molar-refractivity contribution < 1.29 is 19.0 Å². The Hall–Kier alpha value is -3.68. The molecule has 0 saturated heterocycles. The standard InChI is InChI=1S/C30H29Cl2N3O4/c1-17(34-35-28(36)16-39-26-13-11-19(31)15-24(26)32)18-10-12-25-23(14-18)20-6-4-7-21(20)29(33-25)22-8-5-9-27(37-2)30(22)38-3/h4-6,8-15,20-21,29,33H,7,16H2,1-3H3,(H,35,36)/b34-17-/t20-,21+,29-/m1/s1. The van der Waals surface area contributed by atoms with Crippen LogP contribution in [-0.2, 0) is 4.79 Å². The average molecular weight is 566 g/mol. The van der Waals surface area contributed by atoms with E-state index in [1.165, 1.54) is 5.56 Å². The molecule has 3 aromatic carbocycles. The highest BCUT2D eigenvalue weighted by Gasteiger charge is 2.39. The number of amides is 1. The minimum absolute atomic E-state index is 0.0663. The number of methoxy groups -OCH3 is 2. The van der Waals surface area contributed by atoms with E-state index in [-0.39, 0.29) is 18.6 Å². The summed E-state index contributed by atoms with van der Waals surface area (Å²) in [7, 11) is 3.33. The van der Waals surface area contributed by atoms with Crippen molar-refractivity contribution in [3.8, 4) is 17.2 Å². The quantitative estimate of drug-likeness (QED) is 0.179. The number of ether oxygens (including phenoxy) is 3. The van der Waals surface area contributed by atoms with Gasteiger partial charge in [-0.1, -0.05) is 53.6 Å². The van der Waals surface area contributed by atoms with Crippen LogP contribution in [0.2, 0.25) is 10.0 Å². The van der Waals surface area contributed by atoms with Gasteiger partial charge in [0, 0.05) is 22.2 Å². The van der Waals surface area contributed by atoms with Crippen molar-refractivity contribution >= 4 is 40.5 Å². The highest BCUT2D eigenvalue weighted by molar-refractivity contribution is 6.35. The molecule has 0 fully saturated rings. The van der Waals surface area contributed by atoms with Crippen LogP contribution in [0.25, 0.3) is 0 Å². The van der Waals surface area contributed by atoms with Gasteiger partial charge in [0.15, 0.2) is 18.1 Å². The molecule has 2 aliphatic rings. The summed E-state index contributed by atoms with van der Waals surface area (Å²) in [6.07, 6.45) is 5.47. The molecule has 1 aliphatic heterocycles. The summed E-state index contributed by atoms with van der Waals surface area (Å²) >= 11 is 12.0. The summed E-state index contributed by atoms with van der Waals surface area (Å²) in [6, 6.07) is 17.1. The van der Waals surface area contributed by atoms with E-state index in [2.05, 4.69) is 46.2 Å². The first-order chi connectivity index (χ1) is 18.9. The topological polar surface area (TPSA) is 81.2 Å². The number of carbonyl (C=O) groups is 1. The van der Waals surface area contributed by atoms with E-state index in [4.69, 9.17) is 37.4 Å². The number of halogens is 2. The average Bonchev–Trinajstić information content (AvgIpc) is 3.44. The number of anilines is 1. The van der Waals surface area contributed by atoms with E-state index in [0.717, 1.165) is 34.7 Å². The minimum atomic E-state index is -0.395. The van der Waals surface area contributed by atoms with Crippen LogP contribution in [0.3, 0.4) is 0 Å². The third kappa shape index (κ3) is 5.56. The lowest BCUT2D eigenvalue weighted by molar-refractivity contribution is -0.123. The van der Waals surface area contributed by atoms with Crippen molar-refractivity contribution in [2.45, 2.75) is 25.3 Å². The van der Waals surface area contributed by atoms with Crippen molar-refractivity contribution in [1.82, 2.24) is 5.43 Å². The number of nitrogens with one attached hydrogen (secondary N) is 2. The van der Waals surface area contributed by atoms with Gasteiger partial charge in [-0.3, -0.25) is 4.79 Å². The van der Waals surface area contributed by atoms with Gasteiger partial charge in [-0.2, -0.15) is 5.10 Å². The number of allylic oxidation sites excluding steroid dienone is 2. The Kier molecular flexibility index (Phi) is 8.00. The summed E-state index contributed by atoms with van der Waals surface area (Å²) in [5.41, 5.74) is 7.51. The lowest BCUT2D eigenvalue weighted by Crippen LogP contribution is -2.29. The molecule has 0 bridgehead atoms. The van der Waals surface area contributed by atoms with Gasteiger partial charge < -0.3 is 19.5 Å². The molecule has 0 aromatic heterocycles. The second-order valence-corrected chi connectivity index (χ2v) is 10.3. The Bertz CT molecular complexity index is 1460. The number of hydrazone groups is 1. The molecule has 9 heteroatoms. The molecule has 0 radical (unpaired) electrons. The van der Waals surface area contributed by atoms with Gasteiger partial charge in [0.1, 0.15) is 5.75 Å². The van der Waals surface area contributed by atoms with Crippen molar-refractivity contribution in [2.75, 3.05) is 26.1 Å². The van der Waals surface area contributed by atoms with Gasteiger partial charge in [0.2, 0.25) is 0 Å². The molecular weight excluding hydrogens is 537 g/mol. The minimum Gasteiger partial charge on any atom is -0.493 e. The SMILES string of the molecule is COc1cccc([C@@H]2Nc3ccc(/C(C)=N\NC(=O)COc4ccc(Cl)cc4Cl)cc3[C@@H]3C=CC[C@@H]32)c1OC. The summed E-state index contributed by atoms with van der Waals surface area (Å²) in [5.74, 6) is 2.02. The van der Waals surface area contributed by atoms with Crippen molar-refractivity contribution in [2.24, 2.45) is 11.0 Å². The highest BCUT2D eigenvalue weighted by atomic mass is 35.5. The van der Waals surface area contributed by atoms with Gasteiger partial charge in [0.25, 0.3) is 5.91 Å². The molecule has 3 aromatic rings. The number of fused-ring (bicyclic) bond motifs is 3. The van der Waals surface area contributed by atoms with Gasteiger partial charge in [-0.05, 0) is 66.8 Å². The molecule has 0 saturated carbocycles. The summed E-state index contributed by atoms with van der Waals surface area (Å²) in [4.78, 5) is 12.3. The molecule has 0 spiro atoms. The second-order valence-electron chi connectivity index (χ2n) is 9.46. The van der Waals surface area contributed by atoms with Crippen molar-refractivity contribution in [3.05, 3.63) is 93.5 Å². The van der Waals surface area contributed by atoms with Gasteiger partial charge >= 0.3 is 0 Å². The maximum absolute atomic E-state index is 12.3. The third-order valence-electron chi connectivity index (χ3n) is 7.15. The fourth-order valence-electron chi connectivity index (χ4n) is 5.26. The normalized spacial score (nSPS) is 19.5. The smallest absolute Gasteiger partial charge is 0.277 e. The fourth-order valence-corrected chi connectivity index (χ4v) is 5.73. The first kappa shape index (κ1) is 26.9. The monoisotopic (exact) mass is 565 g/mol. The Morgan fingerprint density at radius 3 is 2.67 bits per heavy atom. The van der Waals surface area contributed by atoms with Crippen LogP contribution in [-0.4, -0.2) is 32.4 Å². The maximum Gasteiger partial charge on any atom is 0.277 e. The van der Waals surface area contributed by atoms with E-state index in [0.29, 0.717) is 27.4 Å². The Morgan fingerprint density at radius 2 is 1.90 bits per heavy atom. The number of nitrogens with zero attached hydrogens (tertiary/aromatic N) is 1.